The Hall–Kier alpha value is -1.37. The lowest BCUT2D eigenvalue weighted by molar-refractivity contribution is 0.114. The summed E-state index contributed by atoms with van der Waals surface area (Å²) in [5, 5.41) is 8.88. The van der Waals surface area contributed by atoms with E-state index in [1.165, 1.54) is 16.7 Å². The third-order valence-electron chi connectivity index (χ3n) is 5.97. The Bertz CT molecular complexity index is 897. The van der Waals surface area contributed by atoms with Crippen molar-refractivity contribution in [1.29, 1.82) is 0 Å². The number of nitrogens with one attached hydrogen (secondary N) is 2. The Kier molecular flexibility index (Phi) is 9.62. The van der Waals surface area contributed by atoms with Crippen molar-refractivity contribution in [1.82, 2.24) is 20.4 Å². The second-order valence-corrected chi connectivity index (χ2v) is 10.2. The first-order chi connectivity index (χ1) is 15.3. The van der Waals surface area contributed by atoms with Gasteiger partial charge in [-0.05, 0) is 48.3 Å². The molecule has 0 amide bonds. The van der Waals surface area contributed by atoms with E-state index in [1.807, 2.05) is 12.1 Å². The van der Waals surface area contributed by atoms with E-state index in [0.717, 1.165) is 50.9 Å². The summed E-state index contributed by atoms with van der Waals surface area (Å²) in [6, 6.07) is 14.7. The number of halogens is 2. The average Bonchev–Trinajstić information content (AvgIpc) is 2.76. The van der Waals surface area contributed by atoms with Crippen LogP contribution in [0.5, 0.6) is 0 Å². The summed E-state index contributed by atoms with van der Waals surface area (Å²) in [4.78, 5) is 5.01. The molecule has 1 aliphatic rings. The van der Waals surface area contributed by atoms with E-state index in [4.69, 9.17) is 35.4 Å². The molecular formula is C25H34Cl2N4S. The monoisotopic (exact) mass is 492 g/mol. The maximum absolute atomic E-state index is 6.17. The normalized spacial score (nSPS) is 16.2. The third-order valence-corrected chi connectivity index (χ3v) is 6.97. The van der Waals surface area contributed by atoms with Gasteiger partial charge >= 0.3 is 0 Å². The van der Waals surface area contributed by atoms with E-state index in [2.05, 4.69) is 71.5 Å². The highest BCUT2D eigenvalue weighted by Crippen LogP contribution is 2.23. The highest BCUT2D eigenvalue weighted by Gasteiger charge is 2.22. The Morgan fingerprint density at radius 1 is 0.969 bits per heavy atom. The molecule has 1 unspecified atom stereocenters. The van der Waals surface area contributed by atoms with Gasteiger partial charge in [0.15, 0.2) is 5.11 Å². The first kappa shape index (κ1) is 25.3. The first-order valence-corrected chi connectivity index (χ1v) is 12.4. The van der Waals surface area contributed by atoms with Crippen LogP contribution >= 0.6 is 35.4 Å². The number of hydrogen-bond donors (Lipinski definition) is 2. The molecule has 1 atom stereocenters. The van der Waals surface area contributed by atoms with E-state index in [0.29, 0.717) is 22.0 Å². The van der Waals surface area contributed by atoms with Gasteiger partial charge in [0.05, 0.1) is 10.0 Å². The fraction of sp³-hybridized carbons (Fsp3) is 0.480. The fourth-order valence-corrected chi connectivity index (χ4v) is 4.50. The van der Waals surface area contributed by atoms with E-state index in [9.17, 15) is 0 Å². The highest BCUT2D eigenvalue weighted by atomic mass is 35.5. The van der Waals surface area contributed by atoms with Crippen LogP contribution in [-0.2, 0) is 13.1 Å². The summed E-state index contributed by atoms with van der Waals surface area (Å²) >= 11 is 17.8. The van der Waals surface area contributed by atoms with Gasteiger partial charge in [0.2, 0.25) is 0 Å². The number of benzene rings is 2. The molecule has 0 bridgehead atoms. The Labute approximate surface area is 208 Å². The summed E-state index contributed by atoms with van der Waals surface area (Å²) in [6.45, 7) is 13.4. The molecule has 0 radical (unpaired) electrons. The molecule has 0 saturated carbocycles. The minimum atomic E-state index is 0.314. The summed E-state index contributed by atoms with van der Waals surface area (Å²) in [5.41, 5.74) is 3.72. The first-order valence-electron chi connectivity index (χ1n) is 11.3. The van der Waals surface area contributed by atoms with Gasteiger partial charge in [-0.15, -0.1) is 0 Å². The molecule has 1 aliphatic heterocycles. The average molecular weight is 494 g/mol. The van der Waals surface area contributed by atoms with Crippen LogP contribution in [0.1, 0.15) is 30.5 Å². The molecule has 0 aromatic heterocycles. The van der Waals surface area contributed by atoms with E-state index < -0.39 is 0 Å². The van der Waals surface area contributed by atoms with Crippen molar-refractivity contribution in [3.8, 4) is 0 Å². The van der Waals surface area contributed by atoms with Crippen molar-refractivity contribution in [2.24, 2.45) is 5.92 Å². The topological polar surface area (TPSA) is 30.5 Å². The lowest BCUT2D eigenvalue weighted by Gasteiger charge is -2.37. The van der Waals surface area contributed by atoms with E-state index in [1.54, 1.807) is 0 Å². The maximum atomic E-state index is 6.17. The van der Waals surface area contributed by atoms with Crippen LogP contribution in [0.3, 0.4) is 0 Å². The molecule has 1 heterocycles. The number of hydrogen-bond acceptors (Lipinski definition) is 3. The van der Waals surface area contributed by atoms with Crippen LogP contribution in [0.15, 0.2) is 42.5 Å². The van der Waals surface area contributed by atoms with E-state index in [-0.39, 0.29) is 0 Å². The highest BCUT2D eigenvalue weighted by molar-refractivity contribution is 7.80. The number of aryl methyl sites for hydroxylation is 1. The van der Waals surface area contributed by atoms with Crippen molar-refractivity contribution in [3.05, 3.63) is 69.2 Å². The minimum absolute atomic E-state index is 0.314. The van der Waals surface area contributed by atoms with Crippen LogP contribution in [-0.4, -0.2) is 53.7 Å². The molecule has 7 heteroatoms. The second kappa shape index (κ2) is 12.2. The molecule has 4 nitrogen and oxygen atoms in total. The Morgan fingerprint density at radius 3 is 2.34 bits per heavy atom. The third kappa shape index (κ3) is 7.89. The SMILES string of the molecule is Cc1cccc(CNC(=S)NC(CN2CCN(Cc3ccc(Cl)c(Cl)c3)CC2)C(C)C)c1. The number of nitrogens with zero attached hydrogens (tertiary/aromatic N) is 2. The van der Waals surface area contributed by atoms with Crippen molar-refractivity contribution in [2.45, 2.75) is 39.9 Å². The zero-order chi connectivity index (χ0) is 23.1. The number of thiocarbonyl (C=S) groups is 1. The van der Waals surface area contributed by atoms with E-state index >= 15 is 0 Å². The summed E-state index contributed by atoms with van der Waals surface area (Å²) in [7, 11) is 0. The van der Waals surface area contributed by atoms with Gasteiger partial charge in [-0.2, -0.15) is 0 Å². The lowest BCUT2D eigenvalue weighted by atomic mass is 10.0. The van der Waals surface area contributed by atoms with Crippen LogP contribution in [0, 0.1) is 12.8 Å². The minimum Gasteiger partial charge on any atom is -0.359 e. The molecule has 1 saturated heterocycles. The number of rotatable bonds is 8. The smallest absolute Gasteiger partial charge is 0.166 e. The Balaban J connectivity index is 1.43. The summed E-state index contributed by atoms with van der Waals surface area (Å²) in [5.74, 6) is 0.489. The zero-order valence-corrected chi connectivity index (χ0v) is 21.5. The van der Waals surface area contributed by atoms with Gasteiger partial charge in [0.1, 0.15) is 0 Å². The van der Waals surface area contributed by atoms with Crippen LogP contribution in [0.2, 0.25) is 10.0 Å². The van der Waals surface area contributed by atoms with Crippen LogP contribution in [0.4, 0.5) is 0 Å². The summed E-state index contributed by atoms with van der Waals surface area (Å²) < 4.78 is 0. The molecule has 2 N–H and O–H groups in total. The molecule has 0 spiro atoms. The van der Waals surface area contributed by atoms with Gasteiger partial charge < -0.3 is 10.6 Å². The molecule has 2 aromatic carbocycles. The summed E-state index contributed by atoms with van der Waals surface area (Å²) in [6.07, 6.45) is 0. The van der Waals surface area contributed by atoms with Gasteiger partial charge in [0.25, 0.3) is 0 Å². The lowest BCUT2D eigenvalue weighted by Crippen LogP contribution is -2.53. The van der Waals surface area contributed by atoms with Crippen LogP contribution < -0.4 is 10.6 Å². The molecule has 0 aliphatic carbocycles. The molecule has 1 fully saturated rings. The standard InChI is InChI=1S/C25H34Cl2N4S/c1-18(2)24(29-25(32)28-15-20-6-4-5-19(3)13-20)17-31-11-9-30(10-12-31)16-21-7-8-22(26)23(27)14-21/h4-8,13-14,18,24H,9-12,15-17H2,1-3H3,(H2,28,29,32). The largest absolute Gasteiger partial charge is 0.359 e. The van der Waals surface area contributed by atoms with Crippen molar-refractivity contribution >= 4 is 40.5 Å². The molecule has 174 valence electrons. The Morgan fingerprint density at radius 2 is 1.69 bits per heavy atom. The van der Waals surface area contributed by atoms with Crippen molar-refractivity contribution in [3.63, 3.8) is 0 Å². The molecular weight excluding hydrogens is 459 g/mol. The molecule has 32 heavy (non-hydrogen) atoms. The quantitative estimate of drug-likeness (QED) is 0.500. The van der Waals surface area contributed by atoms with Gasteiger partial charge in [-0.1, -0.05) is 72.9 Å². The zero-order valence-electron chi connectivity index (χ0n) is 19.2. The molecule has 2 aromatic rings. The van der Waals surface area contributed by atoms with Crippen molar-refractivity contribution in [2.75, 3.05) is 32.7 Å². The predicted molar refractivity (Wildman–Crippen MR) is 141 cm³/mol. The van der Waals surface area contributed by atoms with Gasteiger partial charge in [-0.3, -0.25) is 9.80 Å². The fourth-order valence-electron chi connectivity index (χ4n) is 3.95. The van der Waals surface area contributed by atoms with Gasteiger partial charge in [0, 0.05) is 51.9 Å². The van der Waals surface area contributed by atoms with Crippen molar-refractivity contribution < 1.29 is 0 Å². The molecule has 3 rings (SSSR count). The number of piperazine rings is 1. The van der Waals surface area contributed by atoms with Crippen LogP contribution in [0.25, 0.3) is 0 Å². The van der Waals surface area contributed by atoms with Gasteiger partial charge in [-0.25, -0.2) is 0 Å². The second-order valence-electron chi connectivity index (χ2n) is 8.99. The predicted octanol–water partition coefficient (Wildman–Crippen LogP) is 5.11. The maximum Gasteiger partial charge on any atom is 0.166 e.